The Bertz CT molecular complexity index is 1800. The summed E-state index contributed by atoms with van der Waals surface area (Å²) in [6.07, 6.45) is 6.70. The highest BCUT2D eigenvalue weighted by Gasteiger charge is 2.18. The van der Waals surface area contributed by atoms with Crippen molar-refractivity contribution in [2.75, 3.05) is 5.73 Å². The molecule has 0 bridgehead atoms. The van der Waals surface area contributed by atoms with Crippen LogP contribution in [0.25, 0.3) is 16.6 Å². The van der Waals surface area contributed by atoms with Gasteiger partial charge in [-0.3, -0.25) is 24.0 Å². The van der Waals surface area contributed by atoms with Gasteiger partial charge in [0, 0.05) is 32.3 Å². The Morgan fingerprint density at radius 1 is 1.15 bits per heavy atom. The molecule has 12 heteroatoms. The van der Waals surface area contributed by atoms with E-state index in [9.17, 15) is 14.4 Å². The molecule has 5 rings (SSSR count). The number of Topliss-reactive ketones (excluding diaryl/α,β-unsaturated/α-hetero) is 1. The number of carbonyl (C=O) groups excluding carboxylic acids is 2. The number of benzene rings is 2. The van der Waals surface area contributed by atoms with Crippen LogP contribution in [0.3, 0.4) is 0 Å². The van der Waals surface area contributed by atoms with Gasteiger partial charge in [-0.15, -0.1) is 0 Å². The Morgan fingerprint density at radius 3 is 2.54 bits per heavy atom. The highest BCUT2D eigenvalue weighted by Crippen LogP contribution is 2.23. The average molecular weight is 552 g/mol. The number of carbonyl (C=O) groups is 2. The van der Waals surface area contributed by atoms with Gasteiger partial charge in [-0.1, -0.05) is 49.9 Å². The van der Waals surface area contributed by atoms with E-state index < -0.39 is 5.91 Å². The lowest BCUT2D eigenvalue weighted by atomic mass is 10.0. The first-order valence-corrected chi connectivity index (χ1v) is 12.6. The zero-order valence-corrected chi connectivity index (χ0v) is 22.6. The van der Waals surface area contributed by atoms with Crippen LogP contribution < -0.4 is 17.0 Å². The van der Waals surface area contributed by atoms with Gasteiger partial charge in [0.2, 0.25) is 0 Å². The smallest absolute Gasteiger partial charge is 0.266 e. The number of ketones is 1. The van der Waals surface area contributed by atoms with Crippen molar-refractivity contribution in [3.05, 3.63) is 106 Å². The summed E-state index contributed by atoms with van der Waals surface area (Å²) in [6.45, 7) is 5.43. The van der Waals surface area contributed by atoms with Gasteiger partial charge in [-0.05, 0) is 23.8 Å². The molecule has 0 aliphatic rings. The second-order valence-corrected chi connectivity index (χ2v) is 8.84. The minimum Gasteiger partial charge on any atom is -0.381 e. The van der Waals surface area contributed by atoms with Gasteiger partial charge < -0.3 is 11.5 Å². The standard InChI is InChI=1S/C21H18N4O2.C8H11N5O/c1-2-19-24-17-10-6-7-14(11-18(26)15-12-22-23-13-15)20(17)21(27)25(19)16-8-4-3-5-9-16;1-3-4-11-8-5(7(10)14)6(9)12-13(8)2/h3-10,12-13H,2,11H2,1H3,(H,22,23);3-4H,1H2,2H3,(H2,9,12)(H2,10,14)/b;11-4-. The number of nitrogens with two attached hydrogens (primary N) is 2. The van der Waals surface area contributed by atoms with E-state index in [1.165, 1.54) is 23.2 Å². The summed E-state index contributed by atoms with van der Waals surface area (Å²) in [7, 11) is 1.62. The summed E-state index contributed by atoms with van der Waals surface area (Å²) in [5.74, 6) is 0.358. The molecule has 5 aromatic rings. The van der Waals surface area contributed by atoms with Crippen molar-refractivity contribution in [1.82, 2.24) is 29.5 Å². The molecule has 2 aromatic carbocycles. The SMILES string of the molecule is C=C/C=N\c1c(C(N)=O)c(N)nn1C.CCc1nc2cccc(CC(=O)c3cn[nH]c3)c2c(=O)n1-c1ccccc1. The molecular formula is C29H29N9O3. The van der Waals surface area contributed by atoms with Crippen LogP contribution in [0.5, 0.6) is 0 Å². The lowest BCUT2D eigenvalue weighted by Crippen LogP contribution is -2.25. The number of nitrogens with zero attached hydrogens (tertiary/aromatic N) is 6. The maximum absolute atomic E-state index is 13.4. The number of allylic oxidation sites excluding steroid dienone is 1. The van der Waals surface area contributed by atoms with Gasteiger partial charge in [0.25, 0.3) is 11.5 Å². The van der Waals surface area contributed by atoms with Crippen molar-refractivity contribution in [2.24, 2.45) is 17.8 Å². The van der Waals surface area contributed by atoms with Crippen molar-refractivity contribution in [2.45, 2.75) is 19.8 Å². The Labute approximate surface area is 235 Å². The average Bonchev–Trinajstić information content (AvgIpc) is 3.60. The Morgan fingerprint density at radius 2 is 1.90 bits per heavy atom. The Hall–Kier alpha value is -5.65. The number of rotatable bonds is 8. The van der Waals surface area contributed by atoms with Crippen molar-refractivity contribution in [3.8, 4) is 5.69 Å². The first-order chi connectivity index (χ1) is 19.8. The maximum Gasteiger partial charge on any atom is 0.266 e. The molecule has 0 radical (unpaired) electrons. The van der Waals surface area contributed by atoms with Gasteiger partial charge in [-0.25, -0.2) is 14.7 Å². The predicted octanol–water partition coefficient (Wildman–Crippen LogP) is 3.09. The number of nitrogens with one attached hydrogen (secondary N) is 1. The molecule has 0 spiro atoms. The van der Waals surface area contributed by atoms with Crippen LogP contribution in [-0.4, -0.2) is 47.4 Å². The fourth-order valence-corrected chi connectivity index (χ4v) is 4.29. The predicted molar refractivity (Wildman–Crippen MR) is 158 cm³/mol. The number of fused-ring (bicyclic) bond motifs is 1. The summed E-state index contributed by atoms with van der Waals surface area (Å²) in [6, 6.07) is 14.9. The number of amides is 1. The van der Waals surface area contributed by atoms with E-state index in [0.717, 1.165) is 5.69 Å². The minimum atomic E-state index is -0.646. The van der Waals surface area contributed by atoms with E-state index in [4.69, 9.17) is 16.5 Å². The number of nitrogen functional groups attached to an aromatic ring is 1. The molecule has 1 amide bonds. The van der Waals surface area contributed by atoms with Crippen LogP contribution in [0, 0.1) is 0 Å². The van der Waals surface area contributed by atoms with Crippen LogP contribution in [0.2, 0.25) is 0 Å². The maximum atomic E-state index is 13.4. The number of H-pyrrole nitrogens is 1. The second kappa shape index (κ2) is 12.5. The van der Waals surface area contributed by atoms with Crippen LogP contribution in [0.4, 0.5) is 11.6 Å². The molecule has 3 aromatic heterocycles. The molecule has 0 fully saturated rings. The summed E-state index contributed by atoms with van der Waals surface area (Å²) < 4.78 is 3.02. The van der Waals surface area contributed by atoms with Crippen LogP contribution in [0.15, 0.2) is 83.4 Å². The molecule has 0 aliphatic heterocycles. The van der Waals surface area contributed by atoms with Crippen molar-refractivity contribution < 1.29 is 9.59 Å². The zero-order chi connectivity index (χ0) is 29.5. The molecular weight excluding hydrogens is 522 g/mol. The van der Waals surface area contributed by atoms with E-state index >= 15 is 0 Å². The molecule has 0 saturated heterocycles. The van der Waals surface area contributed by atoms with Gasteiger partial charge in [0.1, 0.15) is 11.4 Å². The number of hydrogen-bond donors (Lipinski definition) is 3. The van der Waals surface area contributed by atoms with Gasteiger partial charge >= 0.3 is 0 Å². The molecule has 41 heavy (non-hydrogen) atoms. The molecule has 0 aliphatic carbocycles. The first kappa shape index (κ1) is 28.4. The molecule has 0 unspecified atom stereocenters. The molecule has 0 saturated carbocycles. The number of para-hydroxylation sites is 1. The lowest BCUT2D eigenvalue weighted by Gasteiger charge is -2.14. The third-order valence-corrected chi connectivity index (χ3v) is 6.15. The van der Waals surface area contributed by atoms with E-state index in [1.54, 1.807) is 17.8 Å². The third-order valence-electron chi connectivity index (χ3n) is 6.15. The lowest BCUT2D eigenvalue weighted by molar-refractivity contribution is 0.0988. The van der Waals surface area contributed by atoms with Gasteiger partial charge in [0.15, 0.2) is 17.4 Å². The Balaban J connectivity index is 0.000000234. The first-order valence-electron chi connectivity index (χ1n) is 12.6. The number of aliphatic imine (C=N–C) groups is 1. The monoisotopic (exact) mass is 551 g/mol. The van der Waals surface area contributed by atoms with Crippen molar-refractivity contribution >= 4 is 40.4 Å². The van der Waals surface area contributed by atoms with Crippen LogP contribution in [0.1, 0.15) is 39.0 Å². The minimum absolute atomic E-state index is 0.0798. The third kappa shape index (κ3) is 6.01. The number of aryl methyl sites for hydroxylation is 2. The second-order valence-electron chi connectivity index (χ2n) is 8.84. The van der Waals surface area contributed by atoms with E-state index in [-0.39, 0.29) is 29.1 Å². The van der Waals surface area contributed by atoms with Crippen molar-refractivity contribution in [1.29, 1.82) is 0 Å². The Kier molecular flexibility index (Phi) is 8.63. The van der Waals surface area contributed by atoms with Gasteiger partial charge in [0.05, 0.1) is 28.4 Å². The molecule has 208 valence electrons. The fourth-order valence-electron chi connectivity index (χ4n) is 4.29. The number of anilines is 1. The van der Waals surface area contributed by atoms with Crippen molar-refractivity contribution in [3.63, 3.8) is 0 Å². The number of aromatic nitrogens is 6. The van der Waals surface area contributed by atoms with Gasteiger partial charge in [-0.2, -0.15) is 10.2 Å². The molecule has 12 nitrogen and oxygen atoms in total. The summed E-state index contributed by atoms with van der Waals surface area (Å²) in [5.41, 5.74) is 13.1. The fraction of sp³-hybridized carbons (Fsp3) is 0.138. The topological polar surface area (TPSA) is 180 Å². The van der Waals surface area contributed by atoms with Crippen LogP contribution >= 0.6 is 0 Å². The molecule has 5 N–H and O–H groups in total. The highest BCUT2D eigenvalue weighted by atomic mass is 16.1. The van der Waals surface area contributed by atoms with E-state index in [2.05, 4.69) is 26.9 Å². The highest BCUT2D eigenvalue weighted by molar-refractivity contribution is 6.02. The number of aromatic amines is 1. The van der Waals surface area contributed by atoms with E-state index in [1.807, 2.05) is 55.5 Å². The molecule has 0 atom stereocenters. The van der Waals surface area contributed by atoms with Crippen LogP contribution in [-0.2, 0) is 19.9 Å². The quantitative estimate of drug-likeness (QED) is 0.196. The molecule has 3 heterocycles. The normalized spacial score (nSPS) is 10.9. The number of primary amides is 1. The largest absolute Gasteiger partial charge is 0.381 e. The zero-order valence-electron chi connectivity index (χ0n) is 22.6. The summed E-state index contributed by atoms with van der Waals surface area (Å²) in [4.78, 5) is 45.6. The summed E-state index contributed by atoms with van der Waals surface area (Å²) >= 11 is 0. The number of hydrogen-bond acceptors (Lipinski definition) is 8. The van der Waals surface area contributed by atoms with E-state index in [0.29, 0.717) is 40.1 Å². The summed E-state index contributed by atoms with van der Waals surface area (Å²) in [5, 5.41) is 10.8.